The zero-order valence-corrected chi connectivity index (χ0v) is 30.6. The molecular formula is C32H59N9O10. The number of carbonyl (C=O) groups is 7. The van der Waals surface area contributed by atoms with Crippen molar-refractivity contribution in [2.24, 2.45) is 39.9 Å². The Labute approximate surface area is 298 Å². The van der Waals surface area contributed by atoms with E-state index in [1.54, 1.807) is 41.5 Å². The number of aliphatic hydroxyl groups is 1. The molecule has 0 heterocycles. The van der Waals surface area contributed by atoms with Crippen LogP contribution in [0.25, 0.3) is 0 Å². The SMILES string of the molecule is CC(C)C[C@H](NC(=O)[C@H](CCCN=C(N)N)NC(=O)[C@H](CC(C)C)NC(=O)[C@@H](NC(=O)[C@H](CC(C)C)NC(=O)[C@@H](N)CC(=O)O)[C@@H](C)O)C(=O)O. The van der Waals surface area contributed by atoms with E-state index in [2.05, 4.69) is 31.6 Å². The number of nitrogens with zero attached hydrogens (tertiary/aromatic N) is 1. The lowest BCUT2D eigenvalue weighted by molar-refractivity contribution is -0.143. The first kappa shape index (κ1) is 46.5. The van der Waals surface area contributed by atoms with Crippen molar-refractivity contribution in [3.05, 3.63) is 0 Å². The van der Waals surface area contributed by atoms with Crippen LogP contribution in [-0.4, -0.2) is 112 Å². The minimum atomic E-state index is -1.61. The molecule has 0 bridgehead atoms. The van der Waals surface area contributed by atoms with Gasteiger partial charge in [-0.2, -0.15) is 0 Å². The summed E-state index contributed by atoms with van der Waals surface area (Å²) in [7, 11) is 0. The molecule has 0 spiro atoms. The smallest absolute Gasteiger partial charge is 0.326 e. The quantitative estimate of drug-likeness (QED) is 0.0288. The van der Waals surface area contributed by atoms with E-state index in [1.165, 1.54) is 6.92 Å². The number of aliphatic carboxylic acids is 2. The highest BCUT2D eigenvalue weighted by Gasteiger charge is 2.35. The highest BCUT2D eigenvalue weighted by atomic mass is 16.4. The normalized spacial score (nSPS) is 15.4. The molecule has 14 N–H and O–H groups in total. The van der Waals surface area contributed by atoms with E-state index in [1.807, 2.05) is 0 Å². The third kappa shape index (κ3) is 19.5. The number of guanidine groups is 1. The van der Waals surface area contributed by atoms with Gasteiger partial charge < -0.3 is 59.1 Å². The van der Waals surface area contributed by atoms with Crippen LogP contribution >= 0.6 is 0 Å². The molecule has 0 saturated heterocycles. The van der Waals surface area contributed by atoms with Crippen molar-refractivity contribution in [2.75, 3.05) is 6.54 Å². The lowest BCUT2D eigenvalue weighted by Gasteiger charge is -2.29. The molecule has 0 radical (unpaired) electrons. The van der Waals surface area contributed by atoms with Crippen LogP contribution in [0, 0.1) is 17.8 Å². The van der Waals surface area contributed by atoms with Crippen LogP contribution in [0.15, 0.2) is 4.99 Å². The molecule has 0 saturated carbocycles. The Balaban J connectivity index is 6.18. The summed E-state index contributed by atoms with van der Waals surface area (Å²) in [5.41, 5.74) is 16.4. The fraction of sp³-hybridized carbons (Fsp3) is 0.750. The monoisotopic (exact) mass is 729 g/mol. The molecule has 292 valence electrons. The summed E-state index contributed by atoms with van der Waals surface area (Å²) in [5.74, 6) is -7.41. The summed E-state index contributed by atoms with van der Waals surface area (Å²) in [5, 5.41) is 41.5. The van der Waals surface area contributed by atoms with E-state index in [4.69, 9.17) is 22.3 Å². The summed E-state index contributed by atoms with van der Waals surface area (Å²) in [6, 6.07) is -8.04. The molecule has 5 amide bonds. The van der Waals surface area contributed by atoms with Gasteiger partial charge >= 0.3 is 11.9 Å². The molecule has 0 fully saturated rings. The van der Waals surface area contributed by atoms with E-state index in [0.29, 0.717) is 0 Å². The minimum Gasteiger partial charge on any atom is -0.481 e. The van der Waals surface area contributed by atoms with Gasteiger partial charge in [0.1, 0.15) is 30.2 Å². The summed E-state index contributed by atoms with van der Waals surface area (Å²) < 4.78 is 0. The third-order valence-corrected chi connectivity index (χ3v) is 7.37. The van der Waals surface area contributed by atoms with E-state index in [9.17, 15) is 43.8 Å². The Kier molecular flexibility index (Phi) is 21.0. The second-order valence-electron chi connectivity index (χ2n) is 13.9. The van der Waals surface area contributed by atoms with Crippen molar-refractivity contribution in [1.29, 1.82) is 0 Å². The van der Waals surface area contributed by atoms with Crippen LogP contribution in [-0.2, 0) is 33.6 Å². The van der Waals surface area contributed by atoms with E-state index < -0.39 is 90.3 Å². The molecule has 0 aliphatic rings. The topological polar surface area (TPSA) is 331 Å². The first-order valence-electron chi connectivity index (χ1n) is 17.0. The number of aliphatic imine (C=N–C) groups is 1. The first-order chi connectivity index (χ1) is 23.5. The van der Waals surface area contributed by atoms with Crippen molar-refractivity contribution in [2.45, 2.75) is 129 Å². The van der Waals surface area contributed by atoms with Gasteiger partial charge in [0.05, 0.1) is 18.6 Å². The van der Waals surface area contributed by atoms with Crippen LogP contribution < -0.4 is 43.8 Å². The van der Waals surface area contributed by atoms with Gasteiger partial charge in [-0.15, -0.1) is 0 Å². The maximum atomic E-state index is 13.6. The summed E-state index contributed by atoms with van der Waals surface area (Å²) in [6.07, 6.45) is -1.65. The molecule has 0 aromatic heterocycles. The number of nitrogens with two attached hydrogens (primary N) is 3. The van der Waals surface area contributed by atoms with Gasteiger partial charge in [0.15, 0.2) is 5.96 Å². The summed E-state index contributed by atoms with van der Waals surface area (Å²) in [4.78, 5) is 92.9. The summed E-state index contributed by atoms with van der Waals surface area (Å²) in [6.45, 7) is 12.0. The predicted octanol–water partition coefficient (Wildman–Crippen LogP) is -2.13. The number of nitrogens with one attached hydrogen (secondary N) is 5. The fourth-order valence-electron chi connectivity index (χ4n) is 4.90. The Morgan fingerprint density at radius 2 is 1.02 bits per heavy atom. The maximum absolute atomic E-state index is 13.6. The highest BCUT2D eigenvalue weighted by molar-refractivity contribution is 5.96. The Morgan fingerprint density at radius 3 is 1.45 bits per heavy atom. The number of amides is 5. The van der Waals surface area contributed by atoms with Crippen molar-refractivity contribution in [3.8, 4) is 0 Å². The van der Waals surface area contributed by atoms with Gasteiger partial charge in [0.2, 0.25) is 29.5 Å². The molecular weight excluding hydrogens is 670 g/mol. The van der Waals surface area contributed by atoms with Crippen molar-refractivity contribution in [3.63, 3.8) is 0 Å². The van der Waals surface area contributed by atoms with Crippen molar-refractivity contribution in [1.82, 2.24) is 26.6 Å². The number of hydrogen-bond donors (Lipinski definition) is 11. The van der Waals surface area contributed by atoms with Gasteiger partial charge in [-0.3, -0.25) is 33.8 Å². The molecule has 19 nitrogen and oxygen atoms in total. The van der Waals surface area contributed by atoms with Gasteiger partial charge in [-0.25, -0.2) is 4.79 Å². The van der Waals surface area contributed by atoms with Crippen LogP contribution in [0.4, 0.5) is 0 Å². The second-order valence-corrected chi connectivity index (χ2v) is 13.9. The largest absolute Gasteiger partial charge is 0.481 e. The van der Waals surface area contributed by atoms with Gasteiger partial charge in [-0.1, -0.05) is 41.5 Å². The van der Waals surface area contributed by atoms with Crippen LogP contribution in [0.1, 0.15) is 87.0 Å². The van der Waals surface area contributed by atoms with Crippen molar-refractivity contribution >= 4 is 47.4 Å². The number of aliphatic hydroxyl groups excluding tert-OH is 1. The zero-order valence-electron chi connectivity index (χ0n) is 30.6. The van der Waals surface area contributed by atoms with Crippen molar-refractivity contribution < 1.29 is 48.9 Å². The van der Waals surface area contributed by atoms with E-state index >= 15 is 0 Å². The molecule has 19 heteroatoms. The summed E-state index contributed by atoms with van der Waals surface area (Å²) >= 11 is 0. The fourth-order valence-corrected chi connectivity index (χ4v) is 4.90. The van der Waals surface area contributed by atoms with Crippen LogP contribution in [0.3, 0.4) is 0 Å². The van der Waals surface area contributed by atoms with Crippen LogP contribution in [0.5, 0.6) is 0 Å². The molecule has 0 unspecified atom stereocenters. The highest BCUT2D eigenvalue weighted by Crippen LogP contribution is 2.11. The van der Waals surface area contributed by atoms with Gasteiger partial charge in [-0.05, 0) is 56.8 Å². The van der Waals surface area contributed by atoms with Gasteiger partial charge in [0, 0.05) is 6.54 Å². The Hall–Kier alpha value is -4.52. The van der Waals surface area contributed by atoms with E-state index in [0.717, 1.165) is 0 Å². The number of carboxylic acids is 2. The average molecular weight is 730 g/mol. The van der Waals surface area contributed by atoms with E-state index in [-0.39, 0.29) is 62.4 Å². The second kappa shape index (κ2) is 23.0. The molecule has 0 aliphatic carbocycles. The lowest BCUT2D eigenvalue weighted by atomic mass is 10.00. The minimum absolute atomic E-state index is 0.0101. The Bertz CT molecular complexity index is 1220. The number of rotatable bonds is 24. The molecule has 7 atom stereocenters. The molecule has 0 aliphatic heterocycles. The molecule has 0 aromatic carbocycles. The van der Waals surface area contributed by atoms with Gasteiger partial charge in [0.25, 0.3) is 0 Å². The number of hydrogen-bond acceptors (Lipinski definition) is 10. The maximum Gasteiger partial charge on any atom is 0.326 e. The van der Waals surface area contributed by atoms with Crippen LogP contribution in [0.2, 0.25) is 0 Å². The number of carbonyl (C=O) groups excluding carboxylic acids is 5. The first-order valence-corrected chi connectivity index (χ1v) is 17.0. The molecule has 0 rings (SSSR count). The molecule has 51 heavy (non-hydrogen) atoms. The Morgan fingerprint density at radius 1 is 0.608 bits per heavy atom. The molecule has 0 aromatic rings. The average Bonchev–Trinajstić information content (AvgIpc) is 2.98. The third-order valence-electron chi connectivity index (χ3n) is 7.37. The number of carboxylic acid groups (broad SMARTS) is 2. The predicted molar refractivity (Wildman–Crippen MR) is 187 cm³/mol. The zero-order chi connectivity index (χ0) is 39.6. The lowest BCUT2D eigenvalue weighted by Crippen LogP contribution is -2.61. The standard InChI is InChI=1S/C32H59N9O10/c1-15(2)11-21(28(47)37-20(9-8-10-36-32(34)35)27(46)40-23(31(50)51)13-17(5)6)39-30(49)25(18(7)42)41-29(48)22(12-16(3)4)38-26(45)19(33)14-24(43)44/h15-23,25,42H,8-14,33H2,1-7H3,(H,37,47)(H,38,45)(H,39,49)(H,40,46)(H,41,48)(H,43,44)(H,50,51)(H4,34,35,36)/t18-,19+,20+,21+,22+,23+,25+/m1/s1.